The molecule has 2 fully saturated rings. The predicted octanol–water partition coefficient (Wildman–Crippen LogP) is 2.94. The minimum Gasteiger partial charge on any atom is -0.465 e. The molecule has 0 radical (unpaired) electrons. The van der Waals surface area contributed by atoms with Gasteiger partial charge in [-0.25, -0.2) is 4.79 Å². The van der Waals surface area contributed by atoms with E-state index in [1.54, 1.807) is 11.8 Å². The summed E-state index contributed by atoms with van der Waals surface area (Å²) >= 11 is 0. The van der Waals surface area contributed by atoms with E-state index in [0.29, 0.717) is 39.0 Å². The average Bonchev–Trinajstić information content (AvgIpc) is 2.49. The molecule has 0 bridgehead atoms. The molecule has 1 heterocycles. The van der Waals surface area contributed by atoms with Gasteiger partial charge in [-0.15, -0.1) is 0 Å². The fourth-order valence-corrected chi connectivity index (χ4v) is 3.68. The first-order valence-corrected chi connectivity index (χ1v) is 8.87. The highest BCUT2D eigenvalue weighted by molar-refractivity contribution is 6.02. The van der Waals surface area contributed by atoms with E-state index in [1.165, 1.54) is 0 Å². The molecule has 1 unspecified atom stereocenters. The lowest BCUT2D eigenvalue weighted by Crippen LogP contribution is -2.51. The predicted molar refractivity (Wildman–Crippen MR) is 88.5 cm³/mol. The summed E-state index contributed by atoms with van der Waals surface area (Å²) in [6.45, 7) is 8.55. The summed E-state index contributed by atoms with van der Waals surface area (Å²) in [5, 5.41) is 0. The highest BCUT2D eigenvalue weighted by Gasteiger charge is 2.49. The first kappa shape index (κ1) is 18.7. The number of esters is 1. The summed E-state index contributed by atoms with van der Waals surface area (Å²) in [7, 11) is 0. The SMILES string of the molecule is CCOC(=O)C1CCCC2(CCN(C(=O)OC(C)(C)C)CC2)C1=O. The van der Waals surface area contributed by atoms with Gasteiger partial charge in [0, 0.05) is 18.5 Å². The van der Waals surface area contributed by atoms with Crippen molar-refractivity contribution in [2.45, 2.75) is 65.4 Å². The van der Waals surface area contributed by atoms with E-state index >= 15 is 0 Å². The second-order valence-corrected chi connectivity index (χ2v) is 7.81. The van der Waals surface area contributed by atoms with Crippen molar-refractivity contribution in [3.63, 3.8) is 0 Å². The molecule has 1 spiro atoms. The number of hydrogen-bond acceptors (Lipinski definition) is 5. The van der Waals surface area contributed by atoms with Crippen molar-refractivity contribution >= 4 is 17.8 Å². The molecule has 24 heavy (non-hydrogen) atoms. The van der Waals surface area contributed by atoms with Gasteiger partial charge < -0.3 is 14.4 Å². The summed E-state index contributed by atoms with van der Waals surface area (Å²) < 4.78 is 10.5. The number of likely N-dealkylation sites (tertiary alicyclic amines) is 1. The van der Waals surface area contributed by atoms with Crippen LogP contribution in [0, 0.1) is 11.3 Å². The molecule has 0 aromatic rings. The second kappa shape index (κ2) is 7.11. The normalized spacial score (nSPS) is 23.9. The lowest BCUT2D eigenvalue weighted by molar-refractivity contribution is -0.158. The van der Waals surface area contributed by atoms with Crippen molar-refractivity contribution in [3.05, 3.63) is 0 Å². The quantitative estimate of drug-likeness (QED) is 0.571. The van der Waals surface area contributed by atoms with E-state index < -0.39 is 22.9 Å². The van der Waals surface area contributed by atoms with Crippen LogP contribution in [0.1, 0.15) is 59.8 Å². The van der Waals surface area contributed by atoms with Crippen molar-refractivity contribution in [1.29, 1.82) is 0 Å². The van der Waals surface area contributed by atoms with Crippen LogP contribution in [0.4, 0.5) is 4.79 Å². The van der Waals surface area contributed by atoms with Gasteiger partial charge >= 0.3 is 12.1 Å². The van der Waals surface area contributed by atoms with Gasteiger partial charge in [0.2, 0.25) is 0 Å². The van der Waals surface area contributed by atoms with Gasteiger partial charge in [0.1, 0.15) is 11.5 Å². The highest BCUT2D eigenvalue weighted by Crippen LogP contribution is 2.44. The molecule has 1 amide bonds. The molecule has 0 aromatic heterocycles. The molecule has 136 valence electrons. The van der Waals surface area contributed by atoms with E-state index in [1.807, 2.05) is 20.8 Å². The van der Waals surface area contributed by atoms with Gasteiger partial charge in [-0.1, -0.05) is 6.42 Å². The molecule has 2 rings (SSSR count). The van der Waals surface area contributed by atoms with Crippen LogP contribution in [0.3, 0.4) is 0 Å². The van der Waals surface area contributed by atoms with Gasteiger partial charge in [0.15, 0.2) is 5.78 Å². The lowest BCUT2D eigenvalue weighted by Gasteiger charge is -2.44. The molecule has 1 aliphatic heterocycles. The summed E-state index contributed by atoms with van der Waals surface area (Å²) in [4.78, 5) is 38.8. The number of rotatable bonds is 2. The van der Waals surface area contributed by atoms with Gasteiger partial charge in [0.25, 0.3) is 0 Å². The minimum absolute atomic E-state index is 0.0102. The number of piperidine rings is 1. The first-order chi connectivity index (χ1) is 11.2. The third-order valence-electron chi connectivity index (χ3n) is 4.93. The Hall–Kier alpha value is -1.59. The Morgan fingerprint density at radius 1 is 1.21 bits per heavy atom. The van der Waals surface area contributed by atoms with Gasteiger partial charge in [-0.2, -0.15) is 0 Å². The van der Waals surface area contributed by atoms with Crippen molar-refractivity contribution in [2.75, 3.05) is 19.7 Å². The van der Waals surface area contributed by atoms with E-state index in [2.05, 4.69) is 0 Å². The third kappa shape index (κ3) is 4.08. The molecule has 1 atom stereocenters. The van der Waals surface area contributed by atoms with Crippen molar-refractivity contribution in [3.8, 4) is 0 Å². The standard InChI is InChI=1S/C18H29NO5/c1-5-23-15(21)13-7-6-8-18(14(13)20)9-11-19(12-10-18)16(22)24-17(2,3)4/h13H,5-12H2,1-4H3. The van der Waals surface area contributed by atoms with Gasteiger partial charge in [-0.3, -0.25) is 9.59 Å². The molecule has 0 N–H and O–H groups in total. The van der Waals surface area contributed by atoms with Crippen LogP contribution in [0.5, 0.6) is 0 Å². The number of ether oxygens (including phenoxy) is 2. The molecular weight excluding hydrogens is 310 g/mol. The molecule has 1 aliphatic carbocycles. The van der Waals surface area contributed by atoms with Crippen LogP contribution in [0.2, 0.25) is 0 Å². The van der Waals surface area contributed by atoms with Crippen LogP contribution in [0.15, 0.2) is 0 Å². The minimum atomic E-state index is -0.633. The number of amides is 1. The van der Waals surface area contributed by atoms with Gasteiger partial charge in [-0.05, 0) is 53.4 Å². The van der Waals surface area contributed by atoms with Crippen LogP contribution in [0.25, 0.3) is 0 Å². The summed E-state index contributed by atoms with van der Waals surface area (Å²) in [5.41, 5.74) is -1.00. The van der Waals surface area contributed by atoms with Crippen molar-refractivity contribution < 1.29 is 23.9 Å². The van der Waals surface area contributed by atoms with E-state index in [4.69, 9.17) is 9.47 Å². The fourth-order valence-electron chi connectivity index (χ4n) is 3.68. The zero-order chi connectivity index (χ0) is 18.0. The maximum absolute atomic E-state index is 12.9. The Bertz CT molecular complexity index is 500. The Balaban J connectivity index is 2.00. The maximum Gasteiger partial charge on any atom is 0.410 e. The summed E-state index contributed by atoms with van der Waals surface area (Å²) in [5.74, 6) is -1.01. The number of ketones is 1. The molecular formula is C18H29NO5. The zero-order valence-electron chi connectivity index (χ0n) is 15.2. The topological polar surface area (TPSA) is 72.9 Å². The molecule has 1 saturated carbocycles. The lowest BCUT2D eigenvalue weighted by atomic mass is 9.63. The van der Waals surface area contributed by atoms with Gasteiger partial charge in [0.05, 0.1) is 6.61 Å². The zero-order valence-corrected chi connectivity index (χ0v) is 15.2. The third-order valence-corrected chi connectivity index (χ3v) is 4.93. The molecule has 6 nitrogen and oxygen atoms in total. The Labute approximate surface area is 143 Å². The van der Waals surface area contributed by atoms with Crippen LogP contribution < -0.4 is 0 Å². The second-order valence-electron chi connectivity index (χ2n) is 7.81. The number of carbonyl (C=O) groups excluding carboxylic acids is 3. The largest absolute Gasteiger partial charge is 0.465 e. The molecule has 0 aromatic carbocycles. The molecule has 6 heteroatoms. The average molecular weight is 339 g/mol. The highest BCUT2D eigenvalue weighted by atomic mass is 16.6. The molecule has 2 aliphatic rings. The van der Waals surface area contributed by atoms with Crippen LogP contribution in [-0.4, -0.2) is 48.0 Å². The van der Waals surface area contributed by atoms with E-state index in [-0.39, 0.29) is 11.9 Å². The van der Waals surface area contributed by atoms with Crippen LogP contribution in [-0.2, 0) is 19.1 Å². The first-order valence-electron chi connectivity index (χ1n) is 8.87. The Morgan fingerprint density at radius 2 is 1.83 bits per heavy atom. The molecule has 1 saturated heterocycles. The van der Waals surface area contributed by atoms with Crippen molar-refractivity contribution in [2.24, 2.45) is 11.3 Å². The monoisotopic (exact) mass is 339 g/mol. The summed E-state index contributed by atoms with van der Waals surface area (Å²) in [6.07, 6.45) is 3.09. The van der Waals surface area contributed by atoms with Crippen molar-refractivity contribution in [1.82, 2.24) is 4.90 Å². The summed E-state index contributed by atoms with van der Waals surface area (Å²) in [6, 6.07) is 0. The Kier molecular flexibility index (Phi) is 5.56. The van der Waals surface area contributed by atoms with Crippen LogP contribution >= 0.6 is 0 Å². The number of Topliss-reactive ketones (excluding diaryl/α,β-unsaturated/α-hetero) is 1. The van der Waals surface area contributed by atoms with E-state index in [9.17, 15) is 14.4 Å². The number of hydrogen-bond donors (Lipinski definition) is 0. The number of nitrogens with zero attached hydrogens (tertiary/aromatic N) is 1. The van der Waals surface area contributed by atoms with E-state index in [0.717, 1.165) is 12.8 Å². The smallest absolute Gasteiger partial charge is 0.410 e. The maximum atomic E-state index is 12.9. The number of carbonyl (C=O) groups is 3. The Morgan fingerprint density at radius 3 is 2.38 bits per heavy atom. The fraction of sp³-hybridized carbons (Fsp3) is 0.833.